The Labute approximate surface area is 158 Å². The van der Waals surface area contributed by atoms with Crippen LogP contribution in [-0.2, 0) is 9.47 Å². The molecule has 27 heavy (non-hydrogen) atoms. The molecule has 0 saturated carbocycles. The number of hydrogen-bond acceptors (Lipinski definition) is 8. The summed E-state index contributed by atoms with van der Waals surface area (Å²) in [5, 5.41) is 8.59. The number of anilines is 2. The summed E-state index contributed by atoms with van der Waals surface area (Å²) in [5.41, 5.74) is 7.91. The summed E-state index contributed by atoms with van der Waals surface area (Å²) in [6, 6.07) is 7.31. The van der Waals surface area contributed by atoms with E-state index in [9.17, 15) is 0 Å². The van der Waals surface area contributed by atoms with E-state index in [0.717, 1.165) is 12.4 Å². The van der Waals surface area contributed by atoms with Crippen LogP contribution in [0.5, 0.6) is 5.75 Å². The minimum atomic E-state index is 0.221. The molecule has 0 radical (unpaired) electrons. The molecule has 1 atom stereocenters. The van der Waals surface area contributed by atoms with Crippen LogP contribution in [0.15, 0.2) is 30.6 Å². The Bertz CT molecular complexity index is 799. The van der Waals surface area contributed by atoms with Gasteiger partial charge in [0.05, 0.1) is 37.3 Å². The molecule has 2 heterocycles. The first-order valence-electron chi connectivity index (χ1n) is 8.87. The van der Waals surface area contributed by atoms with Crippen LogP contribution in [0.1, 0.15) is 18.2 Å². The maximum absolute atomic E-state index is 8.59. The van der Waals surface area contributed by atoms with Gasteiger partial charge in [-0.1, -0.05) is 0 Å². The fourth-order valence-corrected chi connectivity index (χ4v) is 2.93. The number of nitrogens with one attached hydrogen (secondary N) is 1. The first-order valence-corrected chi connectivity index (χ1v) is 8.87. The quantitative estimate of drug-likeness (QED) is 0.433. The van der Waals surface area contributed by atoms with Gasteiger partial charge in [-0.05, 0) is 25.1 Å². The molecule has 8 heteroatoms. The van der Waals surface area contributed by atoms with E-state index in [1.165, 1.54) is 6.33 Å². The maximum Gasteiger partial charge on any atom is 0.133 e. The number of nitrogen functional groups attached to an aromatic ring is 1. The Morgan fingerprint density at radius 2 is 2.19 bits per heavy atom. The van der Waals surface area contributed by atoms with E-state index in [4.69, 9.17) is 25.4 Å². The highest BCUT2D eigenvalue weighted by atomic mass is 16.5. The van der Waals surface area contributed by atoms with Gasteiger partial charge in [-0.25, -0.2) is 9.97 Å². The molecule has 0 bridgehead atoms. The van der Waals surface area contributed by atoms with Crippen molar-refractivity contribution in [1.29, 1.82) is 5.41 Å². The van der Waals surface area contributed by atoms with Gasteiger partial charge in [-0.3, -0.25) is 5.41 Å². The van der Waals surface area contributed by atoms with Crippen molar-refractivity contribution in [1.82, 2.24) is 9.97 Å². The van der Waals surface area contributed by atoms with Gasteiger partial charge >= 0.3 is 0 Å². The molecule has 1 aliphatic heterocycles. The molecular weight excluding hydrogens is 346 g/mol. The van der Waals surface area contributed by atoms with Crippen molar-refractivity contribution in [3.63, 3.8) is 0 Å². The van der Waals surface area contributed by atoms with Gasteiger partial charge in [-0.2, -0.15) is 0 Å². The minimum absolute atomic E-state index is 0.221. The van der Waals surface area contributed by atoms with Crippen molar-refractivity contribution in [2.24, 2.45) is 0 Å². The zero-order chi connectivity index (χ0) is 19.2. The number of nitrogens with two attached hydrogens (primary N) is 1. The summed E-state index contributed by atoms with van der Waals surface area (Å²) in [6.07, 6.45) is 1.48. The van der Waals surface area contributed by atoms with Gasteiger partial charge < -0.3 is 24.8 Å². The number of hydrogen-bond donors (Lipinski definition) is 2. The normalized spacial score (nSPS) is 17.0. The van der Waals surface area contributed by atoms with Gasteiger partial charge in [0.25, 0.3) is 0 Å². The Kier molecular flexibility index (Phi) is 6.20. The fraction of sp³-hybridized carbons (Fsp3) is 0.421. The second-order valence-electron chi connectivity index (χ2n) is 6.34. The lowest BCUT2D eigenvalue weighted by Gasteiger charge is -2.34. The van der Waals surface area contributed by atoms with Gasteiger partial charge in [0.1, 0.15) is 24.5 Å². The van der Waals surface area contributed by atoms with Crippen LogP contribution in [0.2, 0.25) is 0 Å². The molecule has 2 aromatic rings. The lowest BCUT2D eigenvalue weighted by atomic mass is 10.0. The third-order valence-corrected chi connectivity index (χ3v) is 4.42. The van der Waals surface area contributed by atoms with E-state index in [0.29, 0.717) is 49.1 Å². The number of benzene rings is 1. The zero-order valence-corrected chi connectivity index (χ0v) is 15.6. The Morgan fingerprint density at radius 1 is 1.33 bits per heavy atom. The largest absolute Gasteiger partial charge is 0.491 e. The zero-order valence-electron chi connectivity index (χ0n) is 15.6. The average molecular weight is 371 g/mol. The van der Waals surface area contributed by atoms with E-state index in [1.807, 2.05) is 6.07 Å². The highest BCUT2D eigenvalue weighted by molar-refractivity contribution is 6.13. The smallest absolute Gasteiger partial charge is 0.133 e. The van der Waals surface area contributed by atoms with Gasteiger partial charge in [0.15, 0.2) is 0 Å². The molecule has 0 spiro atoms. The van der Waals surface area contributed by atoms with Crippen LogP contribution < -0.4 is 15.4 Å². The van der Waals surface area contributed by atoms with E-state index in [1.54, 1.807) is 25.3 Å². The molecule has 0 amide bonds. The molecule has 1 aromatic heterocycles. The molecule has 0 unspecified atom stereocenters. The van der Waals surface area contributed by atoms with E-state index in [-0.39, 0.29) is 11.8 Å². The van der Waals surface area contributed by atoms with Crippen molar-refractivity contribution in [3.05, 3.63) is 41.9 Å². The number of nitrogens with zero attached hydrogens (tertiary/aromatic N) is 3. The number of methoxy groups -OCH3 is 1. The van der Waals surface area contributed by atoms with Crippen molar-refractivity contribution in [3.8, 4) is 5.75 Å². The molecule has 8 nitrogen and oxygen atoms in total. The van der Waals surface area contributed by atoms with Gasteiger partial charge in [0, 0.05) is 31.0 Å². The van der Waals surface area contributed by atoms with Crippen LogP contribution in [-0.4, -0.2) is 61.8 Å². The highest BCUT2D eigenvalue weighted by Crippen LogP contribution is 2.24. The third kappa shape index (κ3) is 4.53. The van der Waals surface area contributed by atoms with Crippen LogP contribution in [0, 0.1) is 5.41 Å². The summed E-state index contributed by atoms with van der Waals surface area (Å²) in [5.74, 6) is 1.42. The molecule has 3 N–H and O–H groups in total. The summed E-state index contributed by atoms with van der Waals surface area (Å²) in [7, 11) is 1.62. The SMILES string of the molecule is COCCOc1ccc(N)c(C(=N)c2cc(N3CCOC[C@H]3C)ncn2)c1. The van der Waals surface area contributed by atoms with Crippen molar-refractivity contribution < 1.29 is 14.2 Å². The van der Waals surface area contributed by atoms with Gasteiger partial charge in [0.2, 0.25) is 0 Å². The van der Waals surface area contributed by atoms with Crippen molar-refractivity contribution >= 4 is 17.2 Å². The lowest BCUT2D eigenvalue weighted by molar-refractivity contribution is 0.0985. The standard InChI is InChI=1S/C19H25N5O3/c1-13-11-26-6-5-24(13)18-10-17(22-12-23-18)19(21)15-9-14(3-4-16(15)20)27-8-7-25-2/h3-4,9-10,12-13,21H,5-8,11,20H2,1-2H3/t13-/m1/s1. The first-order chi connectivity index (χ1) is 13.1. The topological polar surface area (TPSA) is 107 Å². The fourth-order valence-electron chi connectivity index (χ4n) is 2.93. The predicted octanol–water partition coefficient (Wildman–Crippen LogP) is 1.73. The number of aromatic nitrogens is 2. The number of ether oxygens (including phenoxy) is 3. The average Bonchev–Trinajstić information content (AvgIpc) is 2.69. The van der Waals surface area contributed by atoms with E-state index >= 15 is 0 Å². The number of rotatable bonds is 7. The monoisotopic (exact) mass is 371 g/mol. The van der Waals surface area contributed by atoms with Crippen molar-refractivity contribution in [2.45, 2.75) is 13.0 Å². The van der Waals surface area contributed by atoms with Crippen LogP contribution in [0.25, 0.3) is 0 Å². The summed E-state index contributed by atoms with van der Waals surface area (Å²) in [6.45, 7) is 5.09. The predicted molar refractivity (Wildman–Crippen MR) is 104 cm³/mol. The summed E-state index contributed by atoms with van der Waals surface area (Å²) < 4.78 is 16.1. The van der Waals surface area contributed by atoms with E-state index < -0.39 is 0 Å². The molecule has 3 rings (SSSR count). The number of morpholine rings is 1. The van der Waals surface area contributed by atoms with Crippen LogP contribution in [0.3, 0.4) is 0 Å². The lowest BCUT2D eigenvalue weighted by Crippen LogP contribution is -2.44. The molecule has 1 aliphatic rings. The van der Waals surface area contributed by atoms with Crippen LogP contribution >= 0.6 is 0 Å². The van der Waals surface area contributed by atoms with Gasteiger partial charge in [-0.15, -0.1) is 0 Å². The first kappa shape index (κ1) is 19.1. The molecule has 144 valence electrons. The second-order valence-corrected chi connectivity index (χ2v) is 6.34. The highest BCUT2D eigenvalue weighted by Gasteiger charge is 2.21. The Morgan fingerprint density at radius 3 is 2.96 bits per heavy atom. The van der Waals surface area contributed by atoms with Crippen molar-refractivity contribution in [2.75, 3.05) is 50.7 Å². The molecule has 1 aromatic carbocycles. The molecular formula is C19H25N5O3. The Hall–Kier alpha value is -2.71. The maximum atomic E-state index is 8.59. The minimum Gasteiger partial charge on any atom is -0.491 e. The van der Waals surface area contributed by atoms with Crippen LogP contribution in [0.4, 0.5) is 11.5 Å². The second kappa shape index (κ2) is 8.79. The summed E-state index contributed by atoms with van der Waals surface area (Å²) in [4.78, 5) is 10.8. The third-order valence-electron chi connectivity index (χ3n) is 4.42. The molecule has 1 fully saturated rings. The van der Waals surface area contributed by atoms with E-state index in [2.05, 4.69) is 21.8 Å². The molecule has 1 saturated heterocycles. The summed E-state index contributed by atoms with van der Waals surface area (Å²) >= 11 is 0. The Balaban J connectivity index is 1.83. The molecule has 0 aliphatic carbocycles.